The van der Waals surface area contributed by atoms with Gasteiger partial charge in [-0.2, -0.15) is 5.10 Å². The highest BCUT2D eigenvalue weighted by molar-refractivity contribution is 5.94. The van der Waals surface area contributed by atoms with E-state index in [2.05, 4.69) is 10.5 Å². The summed E-state index contributed by atoms with van der Waals surface area (Å²) >= 11 is 0. The minimum atomic E-state index is -0.265. The minimum absolute atomic E-state index is 0.265. The number of carbonyl (C=O) groups excluding carboxylic acids is 1. The molecule has 0 aliphatic rings. The minimum Gasteiger partial charge on any atom is -0.497 e. The fourth-order valence-electron chi connectivity index (χ4n) is 2.64. The van der Waals surface area contributed by atoms with E-state index in [-0.39, 0.29) is 5.91 Å². The van der Waals surface area contributed by atoms with Gasteiger partial charge in [0.15, 0.2) is 0 Å². The van der Waals surface area contributed by atoms with E-state index in [1.54, 1.807) is 44.7 Å². The monoisotopic (exact) mass is 390 g/mol. The Labute approximate surface area is 169 Å². The predicted octanol–water partition coefficient (Wildman–Crippen LogP) is 4.05. The number of methoxy groups -OCH3 is 2. The molecule has 6 heteroatoms. The van der Waals surface area contributed by atoms with E-state index in [4.69, 9.17) is 14.2 Å². The molecule has 0 aromatic heterocycles. The molecule has 3 aromatic carbocycles. The summed E-state index contributed by atoms with van der Waals surface area (Å²) in [4.78, 5) is 12.0. The lowest BCUT2D eigenvalue weighted by Crippen LogP contribution is -2.17. The number of carbonyl (C=O) groups is 1. The highest BCUT2D eigenvalue weighted by Gasteiger charge is 2.06. The van der Waals surface area contributed by atoms with Crippen molar-refractivity contribution in [2.24, 2.45) is 5.10 Å². The van der Waals surface area contributed by atoms with E-state index in [0.717, 1.165) is 22.6 Å². The first kappa shape index (κ1) is 19.9. The SMILES string of the molecule is COc1ccc(OCc2cc(/C=N/NC(=O)c3ccccc3)ccc2OC)cc1. The summed E-state index contributed by atoms with van der Waals surface area (Å²) in [5.74, 6) is 1.94. The zero-order valence-electron chi connectivity index (χ0n) is 16.3. The molecule has 0 saturated heterocycles. The van der Waals surface area contributed by atoms with Gasteiger partial charge in [0, 0.05) is 11.1 Å². The van der Waals surface area contributed by atoms with Gasteiger partial charge in [-0.05, 0) is 60.2 Å². The number of hydrazone groups is 1. The van der Waals surface area contributed by atoms with Crippen LogP contribution in [0, 0.1) is 0 Å². The summed E-state index contributed by atoms with van der Waals surface area (Å²) in [7, 11) is 3.23. The molecule has 3 rings (SSSR count). The lowest BCUT2D eigenvalue weighted by Gasteiger charge is -2.11. The summed E-state index contributed by atoms with van der Waals surface area (Å²) in [6, 6.07) is 21.9. The Kier molecular flexibility index (Phi) is 6.84. The van der Waals surface area contributed by atoms with Crippen molar-refractivity contribution in [3.8, 4) is 17.2 Å². The van der Waals surface area contributed by atoms with Gasteiger partial charge in [-0.25, -0.2) is 5.43 Å². The zero-order valence-corrected chi connectivity index (χ0v) is 16.3. The van der Waals surface area contributed by atoms with E-state index in [1.165, 1.54) is 0 Å². The van der Waals surface area contributed by atoms with Gasteiger partial charge in [0.05, 0.1) is 20.4 Å². The molecule has 29 heavy (non-hydrogen) atoms. The maximum absolute atomic E-state index is 12.0. The highest BCUT2D eigenvalue weighted by atomic mass is 16.5. The number of hydrogen-bond donors (Lipinski definition) is 1. The van der Waals surface area contributed by atoms with Gasteiger partial charge in [-0.15, -0.1) is 0 Å². The van der Waals surface area contributed by atoms with E-state index in [1.807, 2.05) is 48.5 Å². The average Bonchev–Trinajstić information content (AvgIpc) is 2.78. The molecule has 0 unspecified atom stereocenters. The largest absolute Gasteiger partial charge is 0.497 e. The van der Waals surface area contributed by atoms with Crippen LogP contribution in [0.15, 0.2) is 77.9 Å². The number of nitrogens with zero attached hydrogens (tertiary/aromatic N) is 1. The van der Waals surface area contributed by atoms with Crippen molar-refractivity contribution >= 4 is 12.1 Å². The van der Waals surface area contributed by atoms with Crippen LogP contribution in [0.5, 0.6) is 17.2 Å². The number of benzene rings is 3. The third kappa shape index (κ3) is 5.59. The van der Waals surface area contributed by atoms with Crippen molar-refractivity contribution in [1.82, 2.24) is 5.43 Å². The average molecular weight is 390 g/mol. The Morgan fingerprint density at radius 1 is 0.931 bits per heavy atom. The molecule has 148 valence electrons. The van der Waals surface area contributed by atoms with Crippen molar-refractivity contribution < 1.29 is 19.0 Å². The fourth-order valence-corrected chi connectivity index (χ4v) is 2.64. The quantitative estimate of drug-likeness (QED) is 0.465. The smallest absolute Gasteiger partial charge is 0.271 e. The molecule has 0 atom stereocenters. The summed E-state index contributed by atoms with van der Waals surface area (Å²) in [5.41, 5.74) is 4.74. The van der Waals surface area contributed by atoms with Crippen LogP contribution in [0.3, 0.4) is 0 Å². The standard InChI is InChI=1S/C23H22N2O4/c1-27-20-9-11-21(12-10-20)29-16-19-14-17(8-13-22(19)28-2)15-24-25-23(26)18-6-4-3-5-7-18/h3-15H,16H2,1-2H3,(H,25,26)/b24-15+. The molecule has 0 fully saturated rings. The van der Waals surface area contributed by atoms with Gasteiger partial charge < -0.3 is 14.2 Å². The first-order valence-electron chi connectivity index (χ1n) is 9.02. The second-order valence-electron chi connectivity index (χ2n) is 6.10. The lowest BCUT2D eigenvalue weighted by atomic mass is 10.1. The van der Waals surface area contributed by atoms with Crippen molar-refractivity contribution in [2.75, 3.05) is 14.2 Å². The summed E-state index contributed by atoms with van der Waals surface area (Å²) in [6.45, 7) is 0.327. The number of rotatable bonds is 8. The van der Waals surface area contributed by atoms with Crippen molar-refractivity contribution in [3.63, 3.8) is 0 Å². The molecule has 0 bridgehead atoms. The van der Waals surface area contributed by atoms with Crippen LogP contribution in [0.1, 0.15) is 21.5 Å². The van der Waals surface area contributed by atoms with Crippen molar-refractivity contribution in [2.45, 2.75) is 6.61 Å². The molecular formula is C23H22N2O4. The van der Waals surface area contributed by atoms with Gasteiger partial charge in [0.1, 0.15) is 23.9 Å². The number of amides is 1. The molecule has 0 saturated carbocycles. The maximum atomic E-state index is 12.0. The van der Waals surface area contributed by atoms with Crippen LogP contribution < -0.4 is 19.6 Å². The second-order valence-corrected chi connectivity index (χ2v) is 6.10. The Balaban J connectivity index is 1.65. The van der Waals surface area contributed by atoms with Crippen LogP contribution in [0.4, 0.5) is 0 Å². The molecule has 0 spiro atoms. The molecule has 1 N–H and O–H groups in total. The number of hydrogen-bond acceptors (Lipinski definition) is 5. The summed E-state index contributed by atoms with van der Waals surface area (Å²) in [5, 5.41) is 4.03. The molecule has 0 aliphatic carbocycles. The molecule has 0 radical (unpaired) electrons. The molecule has 0 aliphatic heterocycles. The lowest BCUT2D eigenvalue weighted by molar-refractivity contribution is 0.0955. The third-order valence-electron chi connectivity index (χ3n) is 4.17. The Bertz CT molecular complexity index is 970. The fraction of sp³-hybridized carbons (Fsp3) is 0.130. The number of ether oxygens (including phenoxy) is 3. The van der Waals surface area contributed by atoms with E-state index in [9.17, 15) is 4.79 Å². The van der Waals surface area contributed by atoms with Crippen molar-refractivity contribution in [1.29, 1.82) is 0 Å². The van der Waals surface area contributed by atoms with Crippen LogP contribution in [-0.2, 0) is 6.61 Å². The molecule has 0 heterocycles. The van der Waals surface area contributed by atoms with Gasteiger partial charge in [-0.1, -0.05) is 18.2 Å². The summed E-state index contributed by atoms with van der Waals surface area (Å²) < 4.78 is 16.4. The summed E-state index contributed by atoms with van der Waals surface area (Å²) in [6.07, 6.45) is 1.58. The number of nitrogens with one attached hydrogen (secondary N) is 1. The molecule has 6 nitrogen and oxygen atoms in total. The molecular weight excluding hydrogens is 368 g/mol. The van der Waals surface area contributed by atoms with E-state index in [0.29, 0.717) is 17.9 Å². The van der Waals surface area contributed by atoms with Crippen LogP contribution >= 0.6 is 0 Å². The van der Waals surface area contributed by atoms with E-state index < -0.39 is 0 Å². The first-order valence-corrected chi connectivity index (χ1v) is 9.02. The topological polar surface area (TPSA) is 69.2 Å². The van der Waals surface area contributed by atoms with Crippen molar-refractivity contribution in [3.05, 3.63) is 89.5 Å². The van der Waals surface area contributed by atoms with Gasteiger partial charge >= 0.3 is 0 Å². The molecule has 3 aromatic rings. The van der Waals surface area contributed by atoms with Crippen LogP contribution in [0.25, 0.3) is 0 Å². The van der Waals surface area contributed by atoms with Gasteiger partial charge in [0.2, 0.25) is 0 Å². The zero-order chi connectivity index (χ0) is 20.5. The van der Waals surface area contributed by atoms with E-state index >= 15 is 0 Å². The van der Waals surface area contributed by atoms with Gasteiger partial charge in [0.25, 0.3) is 5.91 Å². The van der Waals surface area contributed by atoms with Crippen LogP contribution in [0.2, 0.25) is 0 Å². The Hall–Kier alpha value is -3.80. The normalized spacial score (nSPS) is 10.6. The first-order chi connectivity index (χ1) is 14.2. The third-order valence-corrected chi connectivity index (χ3v) is 4.17. The Morgan fingerprint density at radius 3 is 2.34 bits per heavy atom. The van der Waals surface area contributed by atoms with Gasteiger partial charge in [-0.3, -0.25) is 4.79 Å². The maximum Gasteiger partial charge on any atom is 0.271 e. The Morgan fingerprint density at radius 2 is 1.66 bits per heavy atom. The second kappa shape index (κ2) is 9.94. The highest BCUT2D eigenvalue weighted by Crippen LogP contribution is 2.23. The predicted molar refractivity (Wildman–Crippen MR) is 112 cm³/mol. The van der Waals surface area contributed by atoms with Crippen LogP contribution in [-0.4, -0.2) is 26.3 Å². The molecule has 1 amide bonds.